The molecule has 2 rings (SSSR count). The maximum Gasteiger partial charge on any atom is 0.254 e. The lowest BCUT2D eigenvalue weighted by Gasteiger charge is -2.12. The zero-order valence-corrected chi connectivity index (χ0v) is 10.2. The molecule has 1 aliphatic rings. The predicted molar refractivity (Wildman–Crippen MR) is 68.1 cm³/mol. The summed E-state index contributed by atoms with van der Waals surface area (Å²) < 4.78 is 0. The van der Waals surface area contributed by atoms with Crippen molar-refractivity contribution in [3.05, 3.63) is 24.0 Å². The van der Waals surface area contributed by atoms with Crippen LogP contribution in [0.15, 0.2) is 18.5 Å². The van der Waals surface area contributed by atoms with Crippen LogP contribution in [0.5, 0.6) is 0 Å². The third-order valence-corrected chi connectivity index (χ3v) is 3.36. The second kappa shape index (κ2) is 5.66. The van der Waals surface area contributed by atoms with E-state index < -0.39 is 0 Å². The Balaban J connectivity index is 1.94. The Bertz CT molecular complexity index is 386. The molecule has 1 fully saturated rings. The number of nitrogens with zero attached hydrogens (tertiary/aromatic N) is 1. The first-order valence-electron chi connectivity index (χ1n) is 6.21. The maximum atomic E-state index is 12.0. The fourth-order valence-corrected chi connectivity index (χ4v) is 2.34. The molecule has 1 aromatic heterocycles. The van der Waals surface area contributed by atoms with Gasteiger partial charge in [-0.1, -0.05) is 12.8 Å². The number of amides is 1. The monoisotopic (exact) mass is 233 g/mol. The number of carbonyl (C=O) groups excluding carboxylic acids is 1. The minimum Gasteiger partial charge on any atom is -0.387 e. The fraction of sp³-hybridized carbons (Fsp3) is 0.538. The van der Waals surface area contributed by atoms with E-state index in [0.29, 0.717) is 11.5 Å². The molecule has 17 heavy (non-hydrogen) atoms. The highest BCUT2D eigenvalue weighted by atomic mass is 16.1. The van der Waals surface area contributed by atoms with Crippen LogP contribution in [0.4, 0.5) is 5.69 Å². The molecule has 0 radical (unpaired) electrons. The van der Waals surface area contributed by atoms with Gasteiger partial charge in [-0.15, -0.1) is 0 Å². The molecule has 0 aliphatic heterocycles. The molecule has 1 heterocycles. The van der Waals surface area contributed by atoms with Crippen LogP contribution in [0.25, 0.3) is 0 Å². The van der Waals surface area contributed by atoms with E-state index in [9.17, 15) is 4.79 Å². The van der Waals surface area contributed by atoms with Crippen LogP contribution in [-0.4, -0.2) is 24.5 Å². The third-order valence-electron chi connectivity index (χ3n) is 3.36. The van der Waals surface area contributed by atoms with Crippen molar-refractivity contribution in [2.75, 3.05) is 18.9 Å². The van der Waals surface area contributed by atoms with Gasteiger partial charge < -0.3 is 10.6 Å². The van der Waals surface area contributed by atoms with Gasteiger partial charge in [-0.25, -0.2) is 0 Å². The summed E-state index contributed by atoms with van der Waals surface area (Å²) in [4.78, 5) is 16.0. The molecule has 0 unspecified atom stereocenters. The van der Waals surface area contributed by atoms with Crippen LogP contribution < -0.4 is 10.6 Å². The van der Waals surface area contributed by atoms with Gasteiger partial charge in [0.15, 0.2) is 0 Å². The Morgan fingerprint density at radius 3 is 2.94 bits per heavy atom. The first kappa shape index (κ1) is 11.9. The topological polar surface area (TPSA) is 54.0 Å². The van der Waals surface area contributed by atoms with Crippen LogP contribution in [0, 0.1) is 5.92 Å². The minimum atomic E-state index is -0.0330. The normalized spacial score (nSPS) is 15.8. The van der Waals surface area contributed by atoms with Crippen LogP contribution in [0.2, 0.25) is 0 Å². The van der Waals surface area contributed by atoms with E-state index in [2.05, 4.69) is 15.6 Å². The average Bonchev–Trinajstić information content (AvgIpc) is 2.89. The number of nitrogens with one attached hydrogen (secondary N) is 2. The number of anilines is 1. The number of hydrogen-bond donors (Lipinski definition) is 2. The molecule has 1 aromatic rings. The second-order valence-corrected chi connectivity index (χ2v) is 4.53. The highest BCUT2D eigenvalue weighted by molar-refractivity contribution is 5.99. The van der Waals surface area contributed by atoms with E-state index in [1.54, 1.807) is 12.4 Å². The Morgan fingerprint density at radius 2 is 2.24 bits per heavy atom. The lowest BCUT2D eigenvalue weighted by Crippen LogP contribution is -2.29. The molecule has 1 amide bonds. The fourth-order valence-electron chi connectivity index (χ4n) is 2.34. The lowest BCUT2D eigenvalue weighted by molar-refractivity contribution is 0.0948. The highest BCUT2D eigenvalue weighted by Gasteiger charge is 2.17. The summed E-state index contributed by atoms with van der Waals surface area (Å²) in [6.45, 7) is 0.789. The summed E-state index contributed by atoms with van der Waals surface area (Å²) in [5.41, 5.74) is 1.44. The zero-order chi connectivity index (χ0) is 12.1. The quantitative estimate of drug-likeness (QED) is 0.836. The van der Waals surface area contributed by atoms with Crippen molar-refractivity contribution in [1.82, 2.24) is 10.3 Å². The van der Waals surface area contributed by atoms with E-state index in [4.69, 9.17) is 0 Å². The molecule has 0 saturated heterocycles. The molecule has 0 spiro atoms. The van der Waals surface area contributed by atoms with Crippen molar-refractivity contribution >= 4 is 11.6 Å². The van der Waals surface area contributed by atoms with E-state index in [1.165, 1.54) is 25.7 Å². The van der Waals surface area contributed by atoms with Gasteiger partial charge in [0.05, 0.1) is 5.56 Å². The van der Waals surface area contributed by atoms with Crippen molar-refractivity contribution in [1.29, 1.82) is 0 Å². The first-order chi connectivity index (χ1) is 8.31. The standard InChI is InChI=1S/C13H19N3O/c1-14-12-6-7-15-9-11(12)13(17)16-8-10-4-2-3-5-10/h6-7,9-10H,2-5,8H2,1H3,(H,14,15)(H,16,17). The van der Waals surface area contributed by atoms with E-state index in [0.717, 1.165) is 12.2 Å². The Kier molecular flexibility index (Phi) is 3.96. The van der Waals surface area contributed by atoms with Gasteiger partial charge >= 0.3 is 0 Å². The summed E-state index contributed by atoms with van der Waals surface area (Å²) in [5, 5.41) is 6.00. The predicted octanol–water partition coefficient (Wildman–Crippen LogP) is 2.04. The highest BCUT2D eigenvalue weighted by Crippen LogP contribution is 2.24. The molecule has 4 heteroatoms. The minimum absolute atomic E-state index is 0.0330. The van der Waals surface area contributed by atoms with Crippen LogP contribution in [-0.2, 0) is 0 Å². The molecule has 0 bridgehead atoms. The second-order valence-electron chi connectivity index (χ2n) is 4.53. The van der Waals surface area contributed by atoms with Gasteiger partial charge in [-0.2, -0.15) is 0 Å². The van der Waals surface area contributed by atoms with Crippen molar-refractivity contribution in [3.63, 3.8) is 0 Å². The van der Waals surface area contributed by atoms with Gasteiger partial charge in [0.2, 0.25) is 0 Å². The zero-order valence-electron chi connectivity index (χ0n) is 10.2. The van der Waals surface area contributed by atoms with E-state index in [1.807, 2.05) is 13.1 Å². The van der Waals surface area contributed by atoms with Gasteiger partial charge in [0.1, 0.15) is 0 Å². The first-order valence-corrected chi connectivity index (χ1v) is 6.21. The summed E-state index contributed by atoms with van der Waals surface area (Å²) in [5.74, 6) is 0.628. The SMILES string of the molecule is CNc1ccncc1C(=O)NCC1CCCC1. The molecule has 0 aromatic carbocycles. The van der Waals surface area contributed by atoms with Gasteiger partial charge in [0.25, 0.3) is 5.91 Å². The van der Waals surface area contributed by atoms with Crippen LogP contribution in [0.3, 0.4) is 0 Å². The van der Waals surface area contributed by atoms with Crippen molar-refractivity contribution < 1.29 is 4.79 Å². The van der Waals surface area contributed by atoms with Gasteiger partial charge in [0, 0.05) is 31.7 Å². The van der Waals surface area contributed by atoms with E-state index >= 15 is 0 Å². The Morgan fingerprint density at radius 1 is 1.47 bits per heavy atom. The maximum absolute atomic E-state index is 12.0. The van der Waals surface area contributed by atoms with Crippen molar-refractivity contribution in [2.24, 2.45) is 5.92 Å². The molecule has 1 aliphatic carbocycles. The lowest BCUT2D eigenvalue weighted by atomic mass is 10.1. The third kappa shape index (κ3) is 2.96. The van der Waals surface area contributed by atoms with Gasteiger partial charge in [-0.05, 0) is 24.8 Å². The Hall–Kier alpha value is -1.58. The number of hydrogen-bond acceptors (Lipinski definition) is 3. The van der Waals surface area contributed by atoms with Crippen LogP contribution >= 0.6 is 0 Å². The van der Waals surface area contributed by atoms with E-state index in [-0.39, 0.29) is 5.91 Å². The summed E-state index contributed by atoms with van der Waals surface area (Å²) in [6, 6.07) is 1.81. The molecular formula is C13H19N3O. The summed E-state index contributed by atoms with van der Waals surface area (Å²) >= 11 is 0. The smallest absolute Gasteiger partial charge is 0.254 e. The number of aromatic nitrogens is 1. The molecule has 1 saturated carbocycles. The number of carbonyl (C=O) groups is 1. The van der Waals surface area contributed by atoms with Crippen molar-refractivity contribution in [2.45, 2.75) is 25.7 Å². The Labute approximate surface area is 102 Å². The number of pyridine rings is 1. The molecule has 0 atom stereocenters. The van der Waals surface area contributed by atoms with Gasteiger partial charge in [-0.3, -0.25) is 9.78 Å². The molecule has 2 N–H and O–H groups in total. The van der Waals surface area contributed by atoms with Crippen molar-refractivity contribution in [3.8, 4) is 0 Å². The molecule has 4 nitrogen and oxygen atoms in total. The molecular weight excluding hydrogens is 214 g/mol. The summed E-state index contributed by atoms with van der Waals surface area (Å²) in [6.07, 6.45) is 8.37. The summed E-state index contributed by atoms with van der Waals surface area (Å²) in [7, 11) is 1.81. The van der Waals surface area contributed by atoms with Crippen LogP contribution in [0.1, 0.15) is 36.0 Å². The molecule has 92 valence electrons. The average molecular weight is 233 g/mol. The number of rotatable bonds is 4. The largest absolute Gasteiger partial charge is 0.387 e.